The molecule has 1 aliphatic heterocycles. The number of rotatable bonds is 4. The van der Waals surface area contributed by atoms with E-state index in [1.807, 2.05) is 23.3 Å². The molecule has 0 radical (unpaired) electrons. The van der Waals surface area contributed by atoms with E-state index in [9.17, 15) is 4.79 Å². The molecule has 2 aromatic rings. The molecule has 4 rings (SSSR count). The number of aryl methyl sites for hydroxylation is 1. The lowest BCUT2D eigenvalue weighted by Crippen LogP contribution is -2.52. The normalized spacial score (nSPS) is 19.8. The van der Waals surface area contributed by atoms with Crippen molar-refractivity contribution in [1.29, 1.82) is 0 Å². The highest BCUT2D eigenvalue weighted by Crippen LogP contribution is 2.28. The van der Waals surface area contributed by atoms with Gasteiger partial charge in [0.15, 0.2) is 0 Å². The Kier molecular flexibility index (Phi) is 5.36. The van der Waals surface area contributed by atoms with Crippen LogP contribution in [0.3, 0.4) is 0 Å². The summed E-state index contributed by atoms with van der Waals surface area (Å²) in [5.74, 6) is 1.02. The average Bonchev–Trinajstić information content (AvgIpc) is 3.31. The Labute approximate surface area is 158 Å². The number of thiophene rings is 1. The molecule has 1 saturated heterocycles. The summed E-state index contributed by atoms with van der Waals surface area (Å²) >= 11 is 1.58. The number of amides is 1. The van der Waals surface area contributed by atoms with Crippen molar-refractivity contribution in [1.82, 2.24) is 20.0 Å². The lowest BCUT2D eigenvalue weighted by Gasteiger charge is -2.40. The minimum atomic E-state index is 0.0893. The SMILES string of the molecule is Cc1ccsc1-c1nnc(CC(=O)N2CCN(C3CCCCC3)CC2)o1. The molecule has 2 fully saturated rings. The highest BCUT2D eigenvalue weighted by Gasteiger charge is 2.27. The third-order valence-electron chi connectivity index (χ3n) is 5.58. The van der Waals surface area contributed by atoms with Gasteiger partial charge in [0.25, 0.3) is 5.89 Å². The first-order chi connectivity index (χ1) is 12.7. The van der Waals surface area contributed by atoms with Gasteiger partial charge in [-0.2, -0.15) is 0 Å². The molecular weight excluding hydrogens is 348 g/mol. The Balaban J connectivity index is 1.30. The molecule has 0 bridgehead atoms. The van der Waals surface area contributed by atoms with Crippen LogP contribution in [0.4, 0.5) is 0 Å². The Morgan fingerprint density at radius 3 is 2.65 bits per heavy atom. The van der Waals surface area contributed by atoms with Crippen LogP contribution in [0.25, 0.3) is 10.8 Å². The second-order valence-corrected chi connectivity index (χ2v) is 8.24. The minimum Gasteiger partial charge on any atom is -0.419 e. The maximum absolute atomic E-state index is 12.6. The van der Waals surface area contributed by atoms with Crippen molar-refractivity contribution in [3.05, 3.63) is 22.9 Å². The molecule has 0 unspecified atom stereocenters. The molecule has 6 nitrogen and oxygen atoms in total. The summed E-state index contributed by atoms with van der Waals surface area (Å²) in [4.78, 5) is 18.1. The van der Waals surface area contributed by atoms with E-state index >= 15 is 0 Å². The van der Waals surface area contributed by atoms with E-state index in [4.69, 9.17) is 4.42 Å². The predicted octanol–water partition coefficient (Wildman–Crippen LogP) is 3.13. The topological polar surface area (TPSA) is 62.5 Å². The van der Waals surface area contributed by atoms with E-state index in [2.05, 4.69) is 15.1 Å². The zero-order chi connectivity index (χ0) is 17.9. The molecule has 140 valence electrons. The fraction of sp³-hybridized carbons (Fsp3) is 0.632. The summed E-state index contributed by atoms with van der Waals surface area (Å²) in [6.45, 7) is 5.60. The highest BCUT2D eigenvalue weighted by atomic mass is 32.1. The van der Waals surface area contributed by atoms with E-state index in [1.165, 1.54) is 32.1 Å². The van der Waals surface area contributed by atoms with Gasteiger partial charge in [-0.25, -0.2) is 0 Å². The maximum atomic E-state index is 12.6. The van der Waals surface area contributed by atoms with Crippen LogP contribution in [-0.4, -0.2) is 58.1 Å². The van der Waals surface area contributed by atoms with Gasteiger partial charge in [0.1, 0.15) is 6.42 Å². The first-order valence-electron chi connectivity index (χ1n) is 9.59. The molecule has 1 saturated carbocycles. The van der Waals surface area contributed by atoms with Gasteiger partial charge in [-0.05, 0) is 36.8 Å². The van der Waals surface area contributed by atoms with Crippen LogP contribution in [0.2, 0.25) is 0 Å². The van der Waals surface area contributed by atoms with Crippen molar-refractivity contribution >= 4 is 17.2 Å². The number of hydrogen-bond donors (Lipinski definition) is 0. The standard InChI is InChI=1S/C19H26N4O2S/c1-14-7-12-26-18(14)19-21-20-16(25-19)13-17(24)23-10-8-22(9-11-23)15-5-3-2-4-6-15/h7,12,15H,2-6,8-11,13H2,1H3. The highest BCUT2D eigenvalue weighted by molar-refractivity contribution is 7.13. The first kappa shape index (κ1) is 17.7. The quantitative estimate of drug-likeness (QED) is 0.823. The summed E-state index contributed by atoms with van der Waals surface area (Å²) < 4.78 is 5.72. The fourth-order valence-corrected chi connectivity index (χ4v) is 4.88. The number of hydrogen-bond acceptors (Lipinski definition) is 6. The number of nitrogens with zero attached hydrogens (tertiary/aromatic N) is 4. The van der Waals surface area contributed by atoms with Gasteiger partial charge in [-0.1, -0.05) is 19.3 Å². The number of carbonyl (C=O) groups is 1. The summed E-state index contributed by atoms with van der Waals surface area (Å²) in [6, 6.07) is 2.76. The van der Waals surface area contributed by atoms with E-state index in [0.717, 1.165) is 42.7 Å². The third-order valence-corrected chi connectivity index (χ3v) is 6.59. The van der Waals surface area contributed by atoms with E-state index in [-0.39, 0.29) is 12.3 Å². The Morgan fingerprint density at radius 1 is 1.19 bits per heavy atom. The molecule has 2 aliphatic rings. The lowest BCUT2D eigenvalue weighted by molar-refractivity contribution is -0.133. The van der Waals surface area contributed by atoms with E-state index in [0.29, 0.717) is 11.8 Å². The van der Waals surface area contributed by atoms with Gasteiger partial charge in [0.2, 0.25) is 11.8 Å². The Hall–Kier alpha value is -1.73. The molecular formula is C19H26N4O2S. The zero-order valence-corrected chi connectivity index (χ0v) is 16.1. The lowest BCUT2D eigenvalue weighted by atomic mass is 9.94. The monoisotopic (exact) mass is 374 g/mol. The summed E-state index contributed by atoms with van der Waals surface area (Å²) in [5, 5.41) is 10.2. The summed E-state index contributed by atoms with van der Waals surface area (Å²) in [5.41, 5.74) is 1.12. The molecule has 7 heteroatoms. The van der Waals surface area contributed by atoms with Crippen LogP contribution in [-0.2, 0) is 11.2 Å². The molecule has 0 N–H and O–H groups in total. The second kappa shape index (κ2) is 7.88. The molecule has 0 atom stereocenters. The van der Waals surface area contributed by atoms with E-state index < -0.39 is 0 Å². The first-order valence-corrected chi connectivity index (χ1v) is 10.5. The predicted molar refractivity (Wildman–Crippen MR) is 101 cm³/mol. The van der Waals surface area contributed by atoms with Crippen molar-refractivity contribution in [3.63, 3.8) is 0 Å². The van der Waals surface area contributed by atoms with Crippen molar-refractivity contribution in [3.8, 4) is 10.8 Å². The molecule has 0 aromatic carbocycles. The fourth-order valence-electron chi connectivity index (χ4n) is 4.03. The van der Waals surface area contributed by atoms with Crippen LogP contribution < -0.4 is 0 Å². The smallest absolute Gasteiger partial charge is 0.258 e. The van der Waals surface area contributed by atoms with Crippen LogP contribution in [0.5, 0.6) is 0 Å². The molecule has 1 aliphatic carbocycles. The molecule has 3 heterocycles. The van der Waals surface area contributed by atoms with Crippen LogP contribution in [0.15, 0.2) is 15.9 Å². The number of carbonyl (C=O) groups excluding carboxylic acids is 1. The second-order valence-electron chi connectivity index (χ2n) is 7.32. The number of piperazine rings is 1. The molecule has 1 amide bonds. The number of aromatic nitrogens is 2. The van der Waals surface area contributed by atoms with Gasteiger partial charge in [-0.3, -0.25) is 9.69 Å². The Morgan fingerprint density at radius 2 is 1.96 bits per heavy atom. The zero-order valence-electron chi connectivity index (χ0n) is 15.3. The van der Waals surface area contributed by atoms with Gasteiger partial charge in [0.05, 0.1) is 4.88 Å². The maximum Gasteiger partial charge on any atom is 0.258 e. The van der Waals surface area contributed by atoms with Crippen LogP contribution >= 0.6 is 11.3 Å². The van der Waals surface area contributed by atoms with Gasteiger partial charge >= 0.3 is 0 Å². The van der Waals surface area contributed by atoms with Gasteiger partial charge in [-0.15, -0.1) is 21.5 Å². The minimum absolute atomic E-state index is 0.0893. The van der Waals surface area contributed by atoms with E-state index in [1.54, 1.807) is 11.3 Å². The largest absolute Gasteiger partial charge is 0.419 e. The van der Waals surface area contributed by atoms with Crippen molar-refractivity contribution < 1.29 is 9.21 Å². The summed E-state index contributed by atoms with van der Waals surface area (Å²) in [6.07, 6.45) is 6.93. The van der Waals surface area contributed by atoms with Crippen LogP contribution in [0, 0.1) is 6.92 Å². The molecule has 0 spiro atoms. The van der Waals surface area contributed by atoms with Crippen molar-refractivity contribution in [2.24, 2.45) is 0 Å². The van der Waals surface area contributed by atoms with Gasteiger partial charge < -0.3 is 9.32 Å². The average molecular weight is 375 g/mol. The third kappa shape index (κ3) is 3.83. The van der Waals surface area contributed by atoms with Crippen molar-refractivity contribution in [2.75, 3.05) is 26.2 Å². The van der Waals surface area contributed by atoms with Gasteiger partial charge in [0, 0.05) is 32.2 Å². The van der Waals surface area contributed by atoms with Crippen molar-refractivity contribution in [2.45, 2.75) is 51.5 Å². The Bertz CT molecular complexity index is 742. The molecule has 26 heavy (non-hydrogen) atoms. The van der Waals surface area contributed by atoms with Crippen LogP contribution in [0.1, 0.15) is 43.6 Å². The summed E-state index contributed by atoms with van der Waals surface area (Å²) in [7, 11) is 0. The molecule has 2 aromatic heterocycles.